The maximum Gasteiger partial charge on any atom is 0.168 e. The maximum atomic E-state index is 4.24. The van der Waals surface area contributed by atoms with E-state index in [9.17, 15) is 0 Å². The molecule has 0 aromatic carbocycles. The molecule has 0 saturated carbocycles. The zero-order valence-corrected chi connectivity index (χ0v) is 14.4. The summed E-state index contributed by atoms with van der Waals surface area (Å²) in [6, 6.07) is 0.159. The van der Waals surface area contributed by atoms with Crippen molar-refractivity contribution in [2.75, 3.05) is 6.54 Å². The molecule has 5 nitrogen and oxygen atoms in total. The van der Waals surface area contributed by atoms with Gasteiger partial charge in [0, 0.05) is 0 Å². The molecule has 5 heteroatoms. The van der Waals surface area contributed by atoms with E-state index in [4.69, 9.17) is 0 Å². The highest BCUT2D eigenvalue weighted by molar-refractivity contribution is 4.96. The van der Waals surface area contributed by atoms with Gasteiger partial charge in [0.15, 0.2) is 5.82 Å². The van der Waals surface area contributed by atoms with Gasteiger partial charge in [-0.1, -0.05) is 34.6 Å². The van der Waals surface area contributed by atoms with Gasteiger partial charge in [0.2, 0.25) is 0 Å². The Morgan fingerprint density at radius 2 is 1.70 bits per heavy atom. The number of nitrogens with one attached hydrogen (secondary N) is 1. The lowest BCUT2D eigenvalue weighted by Crippen LogP contribution is -2.36. The van der Waals surface area contributed by atoms with Gasteiger partial charge in [-0.05, 0) is 55.5 Å². The Balaban J connectivity index is 2.90. The van der Waals surface area contributed by atoms with E-state index in [1.807, 2.05) is 4.68 Å². The first-order valence-corrected chi connectivity index (χ1v) is 7.55. The minimum Gasteiger partial charge on any atom is -0.307 e. The van der Waals surface area contributed by atoms with Gasteiger partial charge < -0.3 is 5.32 Å². The lowest BCUT2D eigenvalue weighted by molar-refractivity contribution is 0.187. The molecule has 1 rings (SSSR count). The highest BCUT2D eigenvalue weighted by atomic mass is 15.6. The van der Waals surface area contributed by atoms with Crippen molar-refractivity contribution in [2.24, 2.45) is 11.3 Å². The van der Waals surface area contributed by atoms with Crippen LogP contribution >= 0.6 is 0 Å². The number of aromatic nitrogens is 4. The third-order valence-corrected chi connectivity index (χ3v) is 3.25. The molecule has 1 aromatic rings. The molecular weight excluding hydrogens is 250 g/mol. The largest absolute Gasteiger partial charge is 0.307 e. The highest BCUT2D eigenvalue weighted by Gasteiger charge is 2.31. The molecule has 1 heterocycles. The van der Waals surface area contributed by atoms with Gasteiger partial charge in [0.25, 0.3) is 0 Å². The summed E-state index contributed by atoms with van der Waals surface area (Å²) in [4.78, 5) is 0. The number of nitrogens with zero attached hydrogens (tertiary/aromatic N) is 4. The first kappa shape index (κ1) is 17.1. The summed E-state index contributed by atoms with van der Waals surface area (Å²) in [5.74, 6) is 1.53. The van der Waals surface area contributed by atoms with Gasteiger partial charge in [-0.15, -0.1) is 5.10 Å². The first-order chi connectivity index (χ1) is 9.03. The van der Waals surface area contributed by atoms with Crippen LogP contribution in [0, 0.1) is 11.3 Å². The van der Waals surface area contributed by atoms with Crippen LogP contribution in [0.5, 0.6) is 0 Å². The topological polar surface area (TPSA) is 55.6 Å². The lowest BCUT2D eigenvalue weighted by atomic mass is 9.82. The summed E-state index contributed by atoms with van der Waals surface area (Å²) in [5.41, 5.74) is 0.145. The van der Waals surface area contributed by atoms with Crippen LogP contribution in [0.1, 0.15) is 73.7 Å². The first-order valence-electron chi connectivity index (χ1n) is 7.55. The average molecular weight is 281 g/mol. The molecule has 1 atom stereocenters. The third kappa shape index (κ3) is 4.85. The predicted octanol–water partition coefficient (Wildman–Crippen LogP) is 3.15. The maximum absolute atomic E-state index is 4.24. The molecule has 0 bridgehead atoms. The van der Waals surface area contributed by atoms with Crippen LogP contribution in [-0.2, 0) is 5.54 Å². The molecule has 0 aliphatic rings. The molecule has 20 heavy (non-hydrogen) atoms. The summed E-state index contributed by atoms with van der Waals surface area (Å²) < 4.78 is 1.98. The Kier molecular flexibility index (Phi) is 5.30. The molecule has 0 aliphatic heterocycles. The molecule has 1 aromatic heterocycles. The van der Waals surface area contributed by atoms with Crippen LogP contribution in [0.2, 0.25) is 0 Å². The predicted molar refractivity (Wildman–Crippen MR) is 82.5 cm³/mol. The number of rotatable bonds is 6. The van der Waals surface area contributed by atoms with E-state index in [1.54, 1.807) is 0 Å². The van der Waals surface area contributed by atoms with Crippen molar-refractivity contribution in [2.45, 2.75) is 73.4 Å². The van der Waals surface area contributed by atoms with Crippen LogP contribution in [0.3, 0.4) is 0 Å². The lowest BCUT2D eigenvalue weighted by Gasteiger charge is -2.33. The van der Waals surface area contributed by atoms with E-state index < -0.39 is 0 Å². The van der Waals surface area contributed by atoms with Crippen LogP contribution in [-0.4, -0.2) is 26.8 Å². The normalized spacial score (nSPS) is 14.8. The van der Waals surface area contributed by atoms with Crippen molar-refractivity contribution in [3.63, 3.8) is 0 Å². The minimum atomic E-state index is -0.0924. The average Bonchev–Trinajstić information content (AvgIpc) is 2.71. The molecule has 116 valence electrons. The standard InChI is InChI=1S/C15H31N5/c1-11(2)9-16-12(3)13-17-18-19-20(13)15(7,8)10-14(4,5)6/h11-12,16H,9-10H2,1-8H3. The number of hydrogen-bond acceptors (Lipinski definition) is 4. The fourth-order valence-corrected chi connectivity index (χ4v) is 2.77. The monoisotopic (exact) mass is 281 g/mol. The smallest absolute Gasteiger partial charge is 0.168 e. The molecule has 0 fully saturated rings. The Bertz CT molecular complexity index is 414. The zero-order valence-electron chi connectivity index (χ0n) is 14.4. The van der Waals surface area contributed by atoms with Gasteiger partial charge in [0.1, 0.15) is 0 Å². The summed E-state index contributed by atoms with van der Waals surface area (Å²) in [6.07, 6.45) is 1.02. The summed E-state index contributed by atoms with van der Waals surface area (Å²) in [5, 5.41) is 15.9. The second-order valence-electron chi connectivity index (χ2n) is 8.02. The molecule has 0 spiro atoms. The fourth-order valence-electron chi connectivity index (χ4n) is 2.77. The minimum absolute atomic E-state index is 0.0924. The van der Waals surface area contributed by atoms with Gasteiger partial charge in [-0.3, -0.25) is 0 Å². The molecular formula is C15H31N5. The van der Waals surface area contributed by atoms with E-state index in [0.29, 0.717) is 5.92 Å². The molecule has 0 aliphatic carbocycles. The van der Waals surface area contributed by atoms with Crippen molar-refractivity contribution in [1.82, 2.24) is 25.5 Å². The van der Waals surface area contributed by atoms with Crippen LogP contribution in [0.4, 0.5) is 0 Å². The van der Waals surface area contributed by atoms with E-state index >= 15 is 0 Å². The second kappa shape index (κ2) is 6.20. The Hall–Kier alpha value is -0.970. The molecule has 1 N–H and O–H groups in total. The number of tetrazole rings is 1. The summed E-state index contributed by atoms with van der Waals surface area (Å²) in [7, 11) is 0. The zero-order chi connectivity index (χ0) is 15.6. The van der Waals surface area contributed by atoms with Crippen molar-refractivity contribution in [3.05, 3.63) is 5.82 Å². The van der Waals surface area contributed by atoms with Crippen molar-refractivity contribution >= 4 is 0 Å². The van der Waals surface area contributed by atoms with Gasteiger partial charge in [-0.2, -0.15) is 0 Å². The van der Waals surface area contributed by atoms with Gasteiger partial charge in [-0.25, -0.2) is 4.68 Å². The highest BCUT2D eigenvalue weighted by Crippen LogP contribution is 2.32. The molecule has 0 amide bonds. The summed E-state index contributed by atoms with van der Waals surface area (Å²) in [6.45, 7) is 18.6. The van der Waals surface area contributed by atoms with Crippen LogP contribution in [0.25, 0.3) is 0 Å². The van der Waals surface area contributed by atoms with Crippen LogP contribution in [0.15, 0.2) is 0 Å². The Morgan fingerprint density at radius 1 is 1.10 bits per heavy atom. The summed E-state index contributed by atoms with van der Waals surface area (Å²) >= 11 is 0. The Morgan fingerprint density at radius 3 is 2.20 bits per heavy atom. The van der Waals surface area contributed by atoms with E-state index in [2.05, 4.69) is 76.2 Å². The van der Waals surface area contributed by atoms with Gasteiger partial charge in [0.05, 0.1) is 11.6 Å². The molecule has 1 unspecified atom stereocenters. The quantitative estimate of drug-likeness (QED) is 0.870. The van der Waals surface area contributed by atoms with Crippen molar-refractivity contribution in [1.29, 1.82) is 0 Å². The molecule has 0 radical (unpaired) electrons. The van der Waals surface area contributed by atoms with Crippen LogP contribution < -0.4 is 5.32 Å². The third-order valence-electron chi connectivity index (χ3n) is 3.25. The van der Waals surface area contributed by atoms with Gasteiger partial charge >= 0.3 is 0 Å². The SMILES string of the molecule is CC(C)CNC(C)c1nnnn1C(C)(C)CC(C)(C)C. The molecule has 0 saturated heterocycles. The van der Waals surface area contributed by atoms with E-state index in [1.165, 1.54) is 0 Å². The van der Waals surface area contributed by atoms with E-state index in [-0.39, 0.29) is 17.0 Å². The fraction of sp³-hybridized carbons (Fsp3) is 0.933. The Labute approximate surface area is 123 Å². The number of hydrogen-bond donors (Lipinski definition) is 1. The second-order valence-corrected chi connectivity index (χ2v) is 8.02. The van der Waals surface area contributed by atoms with Crippen molar-refractivity contribution < 1.29 is 0 Å². The van der Waals surface area contributed by atoms with E-state index in [0.717, 1.165) is 18.8 Å². The van der Waals surface area contributed by atoms with Crippen molar-refractivity contribution in [3.8, 4) is 0 Å².